The zero-order valence-corrected chi connectivity index (χ0v) is 14.7. The molecule has 0 unspecified atom stereocenters. The minimum atomic E-state index is -0.219. The number of carbonyl (C=O) groups excluding carboxylic acids is 1. The molecule has 1 N–H and O–H groups in total. The molecule has 6 heteroatoms. The van der Waals surface area contributed by atoms with Crippen molar-refractivity contribution >= 4 is 23.3 Å². The molecule has 132 valence electrons. The normalized spacial score (nSPS) is 15.7. The molecule has 0 atom stereocenters. The highest BCUT2D eigenvalue weighted by Gasteiger charge is 2.19. The number of anilines is 1. The van der Waals surface area contributed by atoms with Crippen LogP contribution in [0.3, 0.4) is 0 Å². The summed E-state index contributed by atoms with van der Waals surface area (Å²) in [6.45, 7) is 3.85. The zero-order chi connectivity index (χ0) is 17.6. The van der Waals surface area contributed by atoms with Gasteiger partial charge in [-0.15, -0.1) is 0 Å². The van der Waals surface area contributed by atoms with Gasteiger partial charge in [-0.3, -0.25) is 4.90 Å². The molecular weight excluding hydrogens is 341 g/mol. The van der Waals surface area contributed by atoms with Crippen LogP contribution in [-0.2, 0) is 6.54 Å². The lowest BCUT2D eigenvalue weighted by Gasteiger charge is -2.22. The lowest BCUT2D eigenvalue weighted by molar-refractivity contribution is 0.211. The minimum Gasteiger partial charge on any atom is -0.323 e. The first-order valence-electron chi connectivity index (χ1n) is 8.38. The third kappa shape index (κ3) is 5.18. The number of rotatable bonds is 3. The lowest BCUT2D eigenvalue weighted by atomic mass is 10.2. The van der Waals surface area contributed by atoms with Gasteiger partial charge in [0.15, 0.2) is 0 Å². The van der Waals surface area contributed by atoms with Crippen LogP contribution in [0.25, 0.3) is 0 Å². The molecule has 2 aromatic rings. The van der Waals surface area contributed by atoms with Crippen LogP contribution in [0.5, 0.6) is 0 Å². The van der Waals surface area contributed by atoms with E-state index in [2.05, 4.69) is 10.2 Å². The third-order valence-electron chi connectivity index (χ3n) is 4.27. The van der Waals surface area contributed by atoms with Crippen molar-refractivity contribution in [3.8, 4) is 0 Å². The summed E-state index contributed by atoms with van der Waals surface area (Å²) in [5, 5.41) is 3.49. The van der Waals surface area contributed by atoms with Gasteiger partial charge in [-0.2, -0.15) is 0 Å². The van der Waals surface area contributed by atoms with Crippen LogP contribution in [0, 0.1) is 5.82 Å². The van der Waals surface area contributed by atoms with Crippen LogP contribution in [-0.4, -0.2) is 42.0 Å². The summed E-state index contributed by atoms with van der Waals surface area (Å²) in [5.74, 6) is -0.219. The first-order chi connectivity index (χ1) is 12.1. The van der Waals surface area contributed by atoms with Crippen molar-refractivity contribution in [3.63, 3.8) is 0 Å². The molecule has 0 bridgehead atoms. The number of hydrogen-bond donors (Lipinski definition) is 1. The second kappa shape index (κ2) is 8.32. The Labute approximate surface area is 152 Å². The molecule has 1 heterocycles. The highest BCUT2D eigenvalue weighted by atomic mass is 35.5. The number of nitrogens with zero attached hydrogens (tertiary/aromatic N) is 2. The third-order valence-corrected chi connectivity index (χ3v) is 4.51. The summed E-state index contributed by atoms with van der Waals surface area (Å²) >= 11 is 5.95. The maximum Gasteiger partial charge on any atom is 0.321 e. The van der Waals surface area contributed by atoms with E-state index in [1.54, 1.807) is 12.1 Å². The zero-order valence-electron chi connectivity index (χ0n) is 13.9. The number of halogens is 2. The summed E-state index contributed by atoms with van der Waals surface area (Å²) < 4.78 is 13.0. The number of amides is 2. The maximum absolute atomic E-state index is 13.0. The van der Waals surface area contributed by atoms with Crippen molar-refractivity contribution in [2.45, 2.75) is 13.0 Å². The van der Waals surface area contributed by atoms with Crippen molar-refractivity contribution in [1.29, 1.82) is 0 Å². The quantitative estimate of drug-likeness (QED) is 0.888. The van der Waals surface area contributed by atoms with Gasteiger partial charge in [-0.05, 0) is 42.3 Å². The van der Waals surface area contributed by atoms with Crippen LogP contribution in [0.1, 0.15) is 12.0 Å². The van der Waals surface area contributed by atoms with Crippen molar-refractivity contribution in [3.05, 3.63) is 64.9 Å². The fraction of sp³-hybridized carbons (Fsp3) is 0.316. The van der Waals surface area contributed by atoms with Crippen LogP contribution in [0.4, 0.5) is 14.9 Å². The second-order valence-corrected chi connectivity index (χ2v) is 6.62. The van der Waals surface area contributed by atoms with Crippen LogP contribution < -0.4 is 5.32 Å². The van der Waals surface area contributed by atoms with E-state index in [4.69, 9.17) is 11.6 Å². The molecule has 0 saturated carbocycles. The fourth-order valence-corrected chi connectivity index (χ4v) is 3.14. The summed E-state index contributed by atoms with van der Waals surface area (Å²) in [7, 11) is 0. The predicted molar refractivity (Wildman–Crippen MR) is 98.3 cm³/mol. The van der Waals surface area contributed by atoms with E-state index in [0.29, 0.717) is 23.8 Å². The van der Waals surface area contributed by atoms with E-state index >= 15 is 0 Å². The molecule has 0 radical (unpaired) electrons. The highest BCUT2D eigenvalue weighted by Crippen LogP contribution is 2.16. The topological polar surface area (TPSA) is 35.6 Å². The molecule has 1 aliphatic heterocycles. The van der Waals surface area contributed by atoms with E-state index in [1.165, 1.54) is 12.1 Å². The molecule has 1 aliphatic rings. The Morgan fingerprint density at radius 2 is 1.88 bits per heavy atom. The molecule has 2 amide bonds. The summed E-state index contributed by atoms with van der Waals surface area (Å²) in [6, 6.07) is 13.6. The van der Waals surface area contributed by atoms with E-state index in [1.807, 2.05) is 29.2 Å². The smallest absolute Gasteiger partial charge is 0.321 e. The van der Waals surface area contributed by atoms with E-state index in [9.17, 15) is 9.18 Å². The lowest BCUT2D eigenvalue weighted by Crippen LogP contribution is -2.38. The van der Waals surface area contributed by atoms with Crippen LogP contribution in [0.15, 0.2) is 48.5 Å². The average Bonchev–Trinajstić information content (AvgIpc) is 2.83. The Kier molecular flexibility index (Phi) is 5.89. The van der Waals surface area contributed by atoms with Gasteiger partial charge in [0, 0.05) is 43.4 Å². The van der Waals surface area contributed by atoms with Gasteiger partial charge in [0.05, 0.1) is 0 Å². The average molecular weight is 362 g/mol. The number of benzene rings is 2. The van der Waals surface area contributed by atoms with Gasteiger partial charge >= 0.3 is 6.03 Å². The Hall–Kier alpha value is -2.11. The maximum atomic E-state index is 13.0. The molecule has 1 fully saturated rings. The van der Waals surface area contributed by atoms with E-state index < -0.39 is 0 Å². The van der Waals surface area contributed by atoms with Crippen LogP contribution in [0.2, 0.25) is 5.02 Å². The summed E-state index contributed by atoms with van der Waals surface area (Å²) in [6.07, 6.45) is 0.907. The Bertz CT molecular complexity index is 723. The highest BCUT2D eigenvalue weighted by molar-refractivity contribution is 6.30. The van der Waals surface area contributed by atoms with Gasteiger partial charge in [-0.25, -0.2) is 9.18 Å². The van der Waals surface area contributed by atoms with Crippen molar-refractivity contribution in [2.24, 2.45) is 0 Å². The first kappa shape index (κ1) is 17.7. The molecule has 3 rings (SSSR count). The first-order valence-corrected chi connectivity index (χ1v) is 8.76. The molecule has 2 aromatic carbocycles. The molecule has 25 heavy (non-hydrogen) atoms. The van der Waals surface area contributed by atoms with Crippen molar-refractivity contribution < 1.29 is 9.18 Å². The molecule has 0 spiro atoms. The number of carbonyl (C=O) groups is 1. The SMILES string of the molecule is O=C(Nc1cccc(Cl)c1)N1CCCN(Cc2ccc(F)cc2)CC1. The van der Waals surface area contributed by atoms with Crippen LogP contribution >= 0.6 is 11.6 Å². The van der Waals surface area contributed by atoms with Gasteiger partial charge in [0.2, 0.25) is 0 Å². The molecular formula is C19H21ClFN3O. The number of nitrogens with one attached hydrogen (secondary N) is 1. The Balaban J connectivity index is 1.54. The van der Waals surface area contributed by atoms with Crippen molar-refractivity contribution in [1.82, 2.24) is 9.80 Å². The fourth-order valence-electron chi connectivity index (χ4n) is 2.95. The summed E-state index contributed by atoms with van der Waals surface area (Å²) in [4.78, 5) is 16.6. The standard InChI is InChI=1S/C19H21ClFN3O/c20-16-3-1-4-18(13-16)22-19(25)24-10-2-9-23(11-12-24)14-15-5-7-17(21)8-6-15/h1,3-8,13H,2,9-12,14H2,(H,22,25). The minimum absolute atomic E-state index is 0.106. The Morgan fingerprint density at radius 1 is 1.08 bits per heavy atom. The molecule has 1 saturated heterocycles. The van der Waals surface area contributed by atoms with E-state index in [0.717, 1.165) is 31.6 Å². The Morgan fingerprint density at radius 3 is 2.64 bits per heavy atom. The largest absolute Gasteiger partial charge is 0.323 e. The number of hydrogen-bond acceptors (Lipinski definition) is 2. The molecule has 4 nitrogen and oxygen atoms in total. The predicted octanol–water partition coefficient (Wildman–Crippen LogP) is 4.22. The van der Waals surface area contributed by atoms with Gasteiger partial charge in [-0.1, -0.05) is 29.8 Å². The number of urea groups is 1. The van der Waals surface area contributed by atoms with Gasteiger partial charge in [0.1, 0.15) is 5.82 Å². The second-order valence-electron chi connectivity index (χ2n) is 6.18. The van der Waals surface area contributed by atoms with Gasteiger partial charge in [0.25, 0.3) is 0 Å². The van der Waals surface area contributed by atoms with Gasteiger partial charge < -0.3 is 10.2 Å². The van der Waals surface area contributed by atoms with E-state index in [-0.39, 0.29) is 11.8 Å². The monoisotopic (exact) mass is 361 g/mol. The molecule has 0 aromatic heterocycles. The van der Waals surface area contributed by atoms with Crippen molar-refractivity contribution in [2.75, 3.05) is 31.5 Å². The summed E-state index contributed by atoms with van der Waals surface area (Å²) in [5.41, 5.74) is 1.78. The molecule has 0 aliphatic carbocycles.